The first-order valence-corrected chi connectivity index (χ1v) is 6.19. The SMILES string of the molecule is CC1(C(=O)O)CCN(C(=O)Nc2ccc(Cl)cn2)C1. The third-order valence-electron chi connectivity index (χ3n) is 3.24. The highest BCUT2D eigenvalue weighted by atomic mass is 35.5. The monoisotopic (exact) mass is 283 g/mol. The molecule has 0 aliphatic carbocycles. The minimum absolute atomic E-state index is 0.196. The lowest BCUT2D eigenvalue weighted by atomic mass is 9.90. The van der Waals surface area contributed by atoms with Gasteiger partial charge in [0.1, 0.15) is 5.82 Å². The third kappa shape index (κ3) is 2.96. The van der Waals surface area contributed by atoms with E-state index < -0.39 is 11.4 Å². The van der Waals surface area contributed by atoms with Crippen molar-refractivity contribution >= 4 is 29.4 Å². The van der Waals surface area contributed by atoms with Crippen LogP contribution in [0.15, 0.2) is 18.3 Å². The fraction of sp³-hybridized carbons (Fsp3) is 0.417. The topological polar surface area (TPSA) is 82.5 Å². The molecule has 1 aliphatic heterocycles. The fourth-order valence-corrected chi connectivity index (χ4v) is 2.06. The standard InChI is InChI=1S/C12H14ClN3O3/c1-12(10(17)18)4-5-16(7-12)11(19)15-9-3-2-8(13)6-14-9/h2-3,6H,4-5,7H2,1H3,(H,17,18)(H,14,15,19). The molecule has 0 saturated carbocycles. The molecule has 19 heavy (non-hydrogen) atoms. The average Bonchev–Trinajstić information content (AvgIpc) is 2.76. The fourth-order valence-electron chi connectivity index (χ4n) is 1.95. The number of amides is 2. The number of urea groups is 1. The number of carboxylic acid groups (broad SMARTS) is 1. The van der Waals surface area contributed by atoms with Gasteiger partial charge in [-0.25, -0.2) is 9.78 Å². The molecule has 0 aromatic carbocycles. The summed E-state index contributed by atoms with van der Waals surface area (Å²) < 4.78 is 0. The largest absolute Gasteiger partial charge is 0.481 e. The Kier molecular flexibility index (Phi) is 3.61. The van der Waals surface area contributed by atoms with Gasteiger partial charge in [-0.1, -0.05) is 11.6 Å². The zero-order chi connectivity index (χ0) is 14.0. The lowest BCUT2D eigenvalue weighted by Crippen LogP contribution is -2.37. The van der Waals surface area contributed by atoms with Crippen LogP contribution in [0.25, 0.3) is 0 Å². The molecule has 7 heteroatoms. The Morgan fingerprint density at radius 3 is 2.79 bits per heavy atom. The molecule has 0 spiro atoms. The number of nitrogens with zero attached hydrogens (tertiary/aromatic N) is 2. The first-order chi connectivity index (χ1) is 8.90. The molecule has 1 unspecified atom stereocenters. The second-order valence-electron chi connectivity index (χ2n) is 4.83. The minimum Gasteiger partial charge on any atom is -0.481 e. The second kappa shape index (κ2) is 5.05. The Labute approximate surface area is 115 Å². The number of halogens is 1. The number of hydrogen-bond donors (Lipinski definition) is 2. The zero-order valence-electron chi connectivity index (χ0n) is 10.4. The van der Waals surface area contributed by atoms with Crippen LogP contribution >= 0.6 is 11.6 Å². The van der Waals surface area contributed by atoms with E-state index in [1.54, 1.807) is 19.1 Å². The van der Waals surface area contributed by atoms with Gasteiger partial charge in [-0.15, -0.1) is 0 Å². The number of aliphatic carboxylic acids is 1. The van der Waals surface area contributed by atoms with Gasteiger partial charge in [0.2, 0.25) is 0 Å². The highest BCUT2D eigenvalue weighted by molar-refractivity contribution is 6.30. The van der Waals surface area contributed by atoms with E-state index in [-0.39, 0.29) is 12.6 Å². The van der Waals surface area contributed by atoms with Gasteiger partial charge in [-0.3, -0.25) is 10.1 Å². The highest BCUT2D eigenvalue weighted by Gasteiger charge is 2.42. The minimum atomic E-state index is -0.882. The maximum atomic E-state index is 12.0. The van der Waals surface area contributed by atoms with Crippen molar-refractivity contribution in [1.82, 2.24) is 9.88 Å². The van der Waals surface area contributed by atoms with E-state index >= 15 is 0 Å². The van der Waals surface area contributed by atoms with Gasteiger partial charge in [0.25, 0.3) is 0 Å². The number of carbonyl (C=O) groups excluding carboxylic acids is 1. The van der Waals surface area contributed by atoms with Gasteiger partial charge in [0, 0.05) is 19.3 Å². The highest BCUT2D eigenvalue weighted by Crippen LogP contribution is 2.30. The smallest absolute Gasteiger partial charge is 0.323 e. The Hall–Kier alpha value is -1.82. The number of anilines is 1. The number of aromatic nitrogens is 1. The van der Waals surface area contributed by atoms with Gasteiger partial charge < -0.3 is 10.0 Å². The van der Waals surface area contributed by atoms with E-state index in [4.69, 9.17) is 16.7 Å². The number of hydrogen-bond acceptors (Lipinski definition) is 3. The van der Waals surface area contributed by atoms with Crippen LogP contribution in [0, 0.1) is 5.41 Å². The van der Waals surface area contributed by atoms with Crippen LogP contribution in [0.2, 0.25) is 5.02 Å². The van der Waals surface area contributed by atoms with Crippen molar-refractivity contribution in [2.75, 3.05) is 18.4 Å². The number of pyridine rings is 1. The number of rotatable bonds is 2. The molecular formula is C12H14ClN3O3. The molecule has 2 heterocycles. The molecule has 0 bridgehead atoms. The average molecular weight is 284 g/mol. The number of likely N-dealkylation sites (tertiary alicyclic amines) is 1. The molecule has 1 atom stereocenters. The number of carbonyl (C=O) groups is 2. The summed E-state index contributed by atoms with van der Waals surface area (Å²) in [7, 11) is 0. The van der Waals surface area contributed by atoms with Crippen LogP contribution in [-0.4, -0.2) is 40.1 Å². The van der Waals surface area contributed by atoms with Crippen molar-refractivity contribution in [1.29, 1.82) is 0 Å². The molecular weight excluding hydrogens is 270 g/mol. The predicted octanol–water partition coefficient (Wildman–Crippen LogP) is 2.06. The van der Waals surface area contributed by atoms with Crippen LogP contribution in [0.1, 0.15) is 13.3 Å². The number of carboxylic acids is 1. The van der Waals surface area contributed by atoms with Gasteiger partial charge in [-0.05, 0) is 25.5 Å². The molecule has 1 aromatic heterocycles. The first-order valence-electron chi connectivity index (χ1n) is 5.82. The van der Waals surface area contributed by atoms with Crippen LogP contribution in [0.4, 0.5) is 10.6 Å². The van der Waals surface area contributed by atoms with Gasteiger partial charge >= 0.3 is 12.0 Å². The molecule has 2 rings (SSSR count). The molecule has 6 nitrogen and oxygen atoms in total. The molecule has 2 amide bonds. The predicted molar refractivity (Wildman–Crippen MR) is 70.2 cm³/mol. The summed E-state index contributed by atoms with van der Waals surface area (Å²) >= 11 is 5.70. The summed E-state index contributed by atoms with van der Waals surface area (Å²) in [6.07, 6.45) is 1.88. The van der Waals surface area contributed by atoms with Crippen LogP contribution in [0.5, 0.6) is 0 Å². The Morgan fingerprint density at radius 2 is 2.26 bits per heavy atom. The summed E-state index contributed by atoms with van der Waals surface area (Å²) in [5.41, 5.74) is -0.870. The summed E-state index contributed by atoms with van der Waals surface area (Å²) in [4.78, 5) is 28.5. The maximum absolute atomic E-state index is 12.0. The lowest BCUT2D eigenvalue weighted by molar-refractivity contribution is -0.146. The summed E-state index contributed by atoms with van der Waals surface area (Å²) in [6, 6.07) is 2.86. The van der Waals surface area contributed by atoms with E-state index in [9.17, 15) is 9.59 Å². The molecule has 2 N–H and O–H groups in total. The van der Waals surface area contributed by atoms with E-state index in [0.717, 1.165) is 0 Å². The van der Waals surface area contributed by atoms with Gasteiger partial charge in [0.05, 0.1) is 10.4 Å². The van der Waals surface area contributed by atoms with Crippen molar-refractivity contribution in [3.8, 4) is 0 Å². The first kappa shape index (κ1) is 13.6. The normalized spacial score (nSPS) is 22.3. The molecule has 1 saturated heterocycles. The lowest BCUT2D eigenvalue weighted by Gasteiger charge is -2.20. The quantitative estimate of drug-likeness (QED) is 0.870. The van der Waals surface area contributed by atoms with Crippen molar-refractivity contribution in [2.24, 2.45) is 5.41 Å². The maximum Gasteiger partial charge on any atom is 0.323 e. The van der Waals surface area contributed by atoms with E-state index in [0.29, 0.717) is 23.8 Å². The second-order valence-corrected chi connectivity index (χ2v) is 5.27. The van der Waals surface area contributed by atoms with E-state index in [2.05, 4.69) is 10.3 Å². The Bertz CT molecular complexity index is 505. The van der Waals surface area contributed by atoms with Crippen molar-refractivity contribution in [3.05, 3.63) is 23.4 Å². The Morgan fingerprint density at radius 1 is 1.53 bits per heavy atom. The molecule has 1 aliphatic rings. The number of nitrogens with one attached hydrogen (secondary N) is 1. The van der Waals surface area contributed by atoms with Crippen molar-refractivity contribution in [3.63, 3.8) is 0 Å². The summed E-state index contributed by atoms with van der Waals surface area (Å²) in [5.74, 6) is -0.495. The van der Waals surface area contributed by atoms with Gasteiger partial charge in [-0.2, -0.15) is 0 Å². The molecule has 102 valence electrons. The van der Waals surface area contributed by atoms with E-state index in [1.807, 2.05) is 0 Å². The zero-order valence-corrected chi connectivity index (χ0v) is 11.1. The summed E-state index contributed by atoms with van der Waals surface area (Å²) in [5, 5.41) is 12.2. The molecule has 1 fully saturated rings. The van der Waals surface area contributed by atoms with Gasteiger partial charge in [0.15, 0.2) is 0 Å². The van der Waals surface area contributed by atoms with Crippen LogP contribution in [0.3, 0.4) is 0 Å². The van der Waals surface area contributed by atoms with E-state index in [1.165, 1.54) is 11.1 Å². The van der Waals surface area contributed by atoms with Crippen molar-refractivity contribution < 1.29 is 14.7 Å². The molecule has 0 radical (unpaired) electrons. The van der Waals surface area contributed by atoms with Crippen LogP contribution in [-0.2, 0) is 4.79 Å². The summed E-state index contributed by atoms with van der Waals surface area (Å²) in [6.45, 7) is 2.26. The van der Waals surface area contributed by atoms with Crippen LogP contribution < -0.4 is 5.32 Å². The van der Waals surface area contributed by atoms with Crippen molar-refractivity contribution in [2.45, 2.75) is 13.3 Å². The Balaban J connectivity index is 1.98. The molecule has 1 aromatic rings. The third-order valence-corrected chi connectivity index (χ3v) is 3.46.